The molecule has 3 unspecified atom stereocenters. The summed E-state index contributed by atoms with van der Waals surface area (Å²) in [7, 11) is 0. The Labute approximate surface area is 261 Å². The van der Waals surface area contributed by atoms with Crippen LogP contribution in [0.4, 0.5) is 11.4 Å². The molecule has 0 fully saturated rings. The zero-order chi connectivity index (χ0) is 30.3. The maximum Gasteiger partial charge on any atom is 0.201 e. The molecule has 0 spiro atoms. The molecule has 0 saturated carbocycles. The van der Waals surface area contributed by atoms with Crippen molar-refractivity contribution >= 4 is 17.2 Å². The quantitative estimate of drug-likeness (QED) is 0.173. The molecule has 2 aliphatic heterocycles. The van der Waals surface area contributed by atoms with Crippen molar-refractivity contribution in [3.63, 3.8) is 0 Å². The van der Waals surface area contributed by atoms with Crippen LogP contribution in [-0.2, 0) is 17.4 Å². The van der Waals surface area contributed by atoms with E-state index < -0.39 is 0 Å². The predicted octanol–water partition coefficient (Wildman–Crippen LogP) is 8.22. The number of hydrogen-bond acceptors (Lipinski definition) is 3. The van der Waals surface area contributed by atoms with Crippen molar-refractivity contribution in [3.05, 3.63) is 144 Å². The molecule has 0 bridgehead atoms. The number of aryl methyl sites for hydroxylation is 1. The molecule has 0 saturated heterocycles. The summed E-state index contributed by atoms with van der Waals surface area (Å²) >= 11 is 0. The highest BCUT2D eigenvalue weighted by Gasteiger charge is 2.59. The summed E-state index contributed by atoms with van der Waals surface area (Å²) in [6, 6.07) is 41.2. The molecule has 2 aliphatic rings. The molecule has 4 aromatic carbocycles. The van der Waals surface area contributed by atoms with Gasteiger partial charge in [-0.25, -0.2) is 5.01 Å². The van der Waals surface area contributed by atoms with Crippen molar-refractivity contribution in [2.45, 2.75) is 70.5 Å². The highest BCUT2D eigenvalue weighted by Crippen LogP contribution is 2.49. The van der Waals surface area contributed by atoms with Gasteiger partial charge in [0.25, 0.3) is 0 Å². The largest absolute Gasteiger partial charge is 0.302 e. The van der Waals surface area contributed by atoms with Crippen LogP contribution in [0.5, 0.6) is 0 Å². The summed E-state index contributed by atoms with van der Waals surface area (Å²) in [5, 5.41) is 7.56. The van der Waals surface area contributed by atoms with E-state index in [2.05, 4.69) is 175 Å². The molecule has 5 aromatic rings. The van der Waals surface area contributed by atoms with Crippen LogP contribution >= 0.6 is 0 Å². The fourth-order valence-electron chi connectivity index (χ4n) is 7.95. The van der Waals surface area contributed by atoms with Gasteiger partial charge in [-0.3, -0.25) is 0 Å². The number of para-hydroxylation sites is 3. The van der Waals surface area contributed by atoms with E-state index in [-0.39, 0.29) is 17.1 Å². The summed E-state index contributed by atoms with van der Waals surface area (Å²) in [6.07, 6.45) is 8.60. The lowest BCUT2D eigenvalue weighted by Crippen LogP contribution is -2.71. The van der Waals surface area contributed by atoms with Crippen molar-refractivity contribution in [1.82, 2.24) is 4.68 Å². The number of rotatable bonds is 8. The van der Waals surface area contributed by atoms with Crippen molar-refractivity contribution in [2.75, 3.05) is 9.91 Å². The van der Waals surface area contributed by atoms with Crippen molar-refractivity contribution in [1.29, 1.82) is 0 Å². The second-order valence-corrected chi connectivity index (χ2v) is 12.4. The Morgan fingerprint density at radius 1 is 0.750 bits per heavy atom. The molecule has 7 rings (SSSR count). The Bertz CT molecular complexity index is 1790. The third-order valence-electron chi connectivity index (χ3n) is 10.5. The summed E-state index contributed by atoms with van der Waals surface area (Å²) < 4.78 is 4.90. The highest BCUT2D eigenvalue weighted by atomic mass is 15.6. The molecule has 0 amide bonds. The van der Waals surface area contributed by atoms with Crippen molar-refractivity contribution < 1.29 is 4.68 Å². The van der Waals surface area contributed by atoms with Gasteiger partial charge in [0.15, 0.2) is 12.0 Å². The Morgan fingerprint density at radius 3 is 2.14 bits per heavy atom. The number of hydrogen-bond donors (Lipinski definition) is 0. The molecule has 44 heavy (non-hydrogen) atoms. The van der Waals surface area contributed by atoms with E-state index in [0.717, 1.165) is 42.8 Å². The van der Waals surface area contributed by atoms with Crippen LogP contribution in [0.2, 0.25) is 0 Å². The van der Waals surface area contributed by atoms with Gasteiger partial charge in [-0.2, -0.15) is 5.10 Å². The van der Waals surface area contributed by atoms with Gasteiger partial charge < -0.3 is 4.90 Å². The number of fused-ring (bicyclic) bond motifs is 3. The van der Waals surface area contributed by atoms with Gasteiger partial charge in [-0.15, -0.1) is 9.36 Å². The normalized spacial score (nSPS) is 22.5. The average Bonchev–Trinajstić information content (AvgIpc) is 3.71. The molecule has 0 N–H and O–H groups in total. The van der Waals surface area contributed by atoms with Crippen LogP contribution in [0.15, 0.2) is 133 Å². The van der Waals surface area contributed by atoms with Crippen LogP contribution in [0, 0.1) is 0 Å². The minimum atomic E-state index is -0.0854. The summed E-state index contributed by atoms with van der Waals surface area (Å²) in [6.45, 7) is 9.47. The molecule has 5 heteroatoms. The van der Waals surface area contributed by atoms with E-state index in [1.165, 1.54) is 22.5 Å². The Hall–Kier alpha value is -4.64. The third-order valence-corrected chi connectivity index (χ3v) is 10.5. The zero-order valence-corrected chi connectivity index (χ0v) is 26.3. The molecule has 1 aromatic heterocycles. The van der Waals surface area contributed by atoms with Gasteiger partial charge in [0, 0.05) is 30.2 Å². The summed E-state index contributed by atoms with van der Waals surface area (Å²) in [5.74, 6) is 0.972. The Kier molecular flexibility index (Phi) is 7.12. The monoisotopic (exact) mass is 580 g/mol. The molecular weight excluding hydrogens is 538 g/mol. The standard InChI is InChI=1S/C39H42N5/c1-5-38(4)34-23-14-16-25-36(34)41-28-17-29-42(41)39(38,6-2)27-26-31-18-13-15-24-35(31)44-30(3)43(33-21-11-8-12-22-33)37(40-44)32-19-9-7-10-20-32/h7-25,28-30H,5-6,26-27H2,1-4H3/q+1. The van der Waals surface area contributed by atoms with E-state index in [4.69, 9.17) is 5.10 Å². The second kappa shape index (κ2) is 11.1. The maximum atomic E-state index is 5.33. The summed E-state index contributed by atoms with van der Waals surface area (Å²) in [5.41, 5.74) is 7.39. The van der Waals surface area contributed by atoms with Gasteiger partial charge in [0.1, 0.15) is 11.9 Å². The topological polar surface area (TPSA) is 27.6 Å². The fourth-order valence-corrected chi connectivity index (χ4v) is 7.95. The second-order valence-electron chi connectivity index (χ2n) is 12.4. The minimum Gasteiger partial charge on any atom is -0.302 e. The predicted molar refractivity (Wildman–Crippen MR) is 180 cm³/mol. The third kappa shape index (κ3) is 4.21. The highest BCUT2D eigenvalue weighted by molar-refractivity contribution is 6.12. The fraction of sp³-hybridized carbons (Fsp3) is 0.282. The van der Waals surface area contributed by atoms with E-state index in [0.29, 0.717) is 0 Å². The number of aromatic nitrogens is 2. The average molecular weight is 581 g/mol. The lowest BCUT2D eigenvalue weighted by atomic mass is 9.60. The van der Waals surface area contributed by atoms with Crippen LogP contribution in [0.1, 0.15) is 63.6 Å². The smallest absolute Gasteiger partial charge is 0.201 e. The molecule has 5 nitrogen and oxygen atoms in total. The first kappa shape index (κ1) is 28.1. The Morgan fingerprint density at radius 2 is 1.41 bits per heavy atom. The SMILES string of the molecule is CCC1(C)c2ccccc2-n2ccc[n+]2C1(CC)CCc1ccccc1N1N=C(c2ccccc2)N(c2ccccc2)C1C. The molecule has 222 valence electrons. The van der Waals surface area contributed by atoms with Crippen molar-refractivity contribution in [3.8, 4) is 5.69 Å². The van der Waals surface area contributed by atoms with Gasteiger partial charge in [-0.05, 0) is 62.1 Å². The van der Waals surface area contributed by atoms with Crippen LogP contribution in [0.3, 0.4) is 0 Å². The molecule has 3 heterocycles. The van der Waals surface area contributed by atoms with Crippen molar-refractivity contribution in [2.24, 2.45) is 5.10 Å². The van der Waals surface area contributed by atoms with Gasteiger partial charge in [-0.1, -0.05) is 98.8 Å². The van der Waals surface area contributed by atoms with E-state index in [1.54, 1.807) is 0 Å². The number of amidine groups is 1. The number of nitrogens with zero attached hydrogens (tertiary/aromatic N) is 5. The first-order chi connectivity index (χ1) is 21.5. The molecule has 0 radical (unpaired) electrons. The molecule has 0 aliphatic carbocycles. The number of anilines is 2. The van der Waals surface area contributed by atoms with Gasteiger partial charge in [0.2, 0.25) is 5.54 Å². The minimum absolute atomic E-state index is 0.0166. The zero-order valence-electron chi connectivity index (χ0n) is 26.3. The van der Waals surface area contributed by atoms with E-state index in [1.807, 2.05) is 0 Å². The lowest BCUT2D eigenvalue weighted by Gasteiger charge is -2.47. The Balaban J connectivity index is 1.28. The number of hydrazone groups is 1. The van der Waals surface area contributed by atoms with E-state index >= 15 is 0 Å². The van der Waals surface area contributed by atoms with E-state index in [9.17, 15) is 0 Å². The van der Waals surface area contributed by atoms with Gasteiger partial charge in [0.05, 0.1) is 17.3 Å². The molecule has 3 atom stereocenters. The first-order valence-corrected chi connectivity index (χ1v) is 16.1. The summed E-state index contributed by atoms with van der Waals surface area (Å²) in [4.78, 5) is 2.36. The van der Waals surface area contributed by atoms with Crippen LogP contribution < -0.4 is 14.6 Å². The van der Waals surface area contributed by atoms with Crippen LogP contribution in [-0.4, -0.2) is 16.7 Å². The van der Waals surface area contributed by atoms with Crippen LogP contribution in [0.25, 0.3) is 5.69 Å². The molecular formula is C39H42N5+. The van der Waals surface area contributed by atoms with Gasteiger partial charge >= 0.3 is 0 Å². The lowest BCUT2D eigenvalue weighted by molar-refractivity contribution is -0.840. The number of benzene rings is 4. The maximum absolute atomic E-state index is 5.33. The first-order valence-electron chi connectivity index (χ1n) is 16.1.